The van der Waals surface area contributed by atoms with Gasteiger partial charge in [-0.05, 0) is 5.56 Å². The van der Waals surface area contributed by atoms with Gasteiger partial charge in [-0.15, -0.1) is 11.3 Å². The minimum absolute atomic E-state index is 0.232. The summed E-state index contributed by atoms with van der Waals surface area (Å²) < 4.78 is 10.2. The van der Waals surface area contributed by atoms with Crippen LogP contribution in [0.5, 0.6) is 0 Å². The first kappa shape index (κ1) is 16.5. The molecule has 2 aromatic rings. The normalized spacial score (nSPS) is 14.3. The molecular weight excluding hydrogens is 328 g/mol. The molecular formula is C17H18N2O4S. The first-order valence-electron chi connectivity index (χ1n) is 7.59. The molecule has 1 N–H and O–H groups in total. The molecule has 7 heteroatoms. The van der Waals surface area contributed by atoms with Crippen LogP contribution in [0.3, 0.4) is 0 Å². The minimum atomic E-state index is -0.465. The van der Waals surface area contributed by atoms with Crippen LogP contribution >= 0.6 is 11.3 Å². The summed E-state index contributed by atoms with van der Waals surface area (Å²) >= 11 is 1.32. The van der Waals surface area contributed by atoms with Crippen molar-refractivity contribution >= 4 is 28.3 Å². The second kappa shape index (κ2) is 7.46. The standard InChI is InChI=1S/C17H18N2O4S/c1-22-16(20)14-13(12-5-3-2-4-6-12)11-24-15(14)18-17(21)19-7-9-23-10-8-19/h2-6,11H,7-10H2,1H3,(H,18,21). The molecule has 24 heavy (non-hydrogen) atoms. The molecule has 1 aromatic carbocycles. The summed E-state index contributed by atoms with van der Waals surface area (Å²) in [5.74, 6) is -0.465. The van der Waals surface area contributed by atoms with Crippen molar-refractivity contribution in [1.82, 2.24) is 4.90 Å². The summed E-state index contributed by atoms with van der Waals surface area (Å²) in [5, 5.41) is 5.19. The Morgan fingerprint density at radius 2 is 1.92 bits per heavy atom. The first-order valence-corrected chi connectivity index (χ1v) is 8.47. The summed E-state index contributed by atoms with van der Waals surface area (Å²) in [5.41, 5.74) is 2.04. The number of esters is 1. The molecule has 1 saturated heterocycles. The van der Waals surface area contributed by atoms with E-state index < -0.39 is 5.97 Å². The lowest BCUT2D eigenvalue weighted by molar-refractivity contribution is 0.0564. The summed E-state index contributed by atoms with van der Waals surface area (Å²) in [6.07, 6.45) is 0. The van der Waals surface area contributed by atoms with Crippen LogP contribution in [0.2, 0.25) is 0 Å². The van der Waals surface area contributed by atoms with Gasteiger partial charge in [-0.3, -0.25) is 5.32 Å². The summed E-state index contributed by atoms with van der Waals surface area (Å²) in [6.45, 7) is 2.13. The van der Waals surface area contributed by atoms with Crippen molar-refractivity contribution in [3.63, 3.8) is 0 Å². The Hall–Kier alpha value is -2.38. The molecule has 1 aliphatic heterocycles. The number of hydrogen-bond acceptors (Lipinski definition) is 5. The Morgan fingerprint density at radius 3 is 2.58 bits per heavy atom. The van der Waals surface area contributed by atoms with E-state index in [-0.39, 0.29) is 6.03 Å². The predicted octanol–water partition coefficient (Wildman–Crippen LogP) is 3.07. The molecule has 0 radical (unpaired) electrons. The number of rotatable bonds is 3. The number of methoxy groups -OCH3 is 1. The maximum atomic E-state index is 12.4. The molecule has 1 aliphatic rings. The van der Waals surface area contributed by atoms with E-state index in [1.54, 1.807) is 4.90 Å². The molecule has 126 valence electrons. The molecule has 3 rings (SSSR count). The van der Waals surface area contributed by atoms with Crippen molar-refractivity contribution in [2.75, 3.05) is 38.7 Å². The third-order valence-electron chi connectivity index (χ3n) is 3.78. The topological polar surface area (TPSA) is 67.9 Å². The van der Waals surface area contributed by atoms with Crippen molar-refractivity contribution in [3.05, 3.63) is 41.3 Å². The lowest BCUT2D eigenvalue weighted by atomic mass is 10.0. The number of nitrogens with zero attached hydrogens (tertiary/aromatic N) is 1. The average molecular weight is 346 g/mol. The number of morpholine rings is 1. The molecule has 0 bridgehead atoms. The average Bonchev–Trinajstić information content (AvgIpc) is 3.06. The van der Waals surface area contributed by atoms with Crippen LogP contribution < -0.4 is 5.32 Å². The number of hydrogen-bond donors (Lipinski definition) is 1. The van der Waals surface area contributed by atoms with Gasteiger partial charge in [0.2, 0.25) is 0 Å². The highest BCUT2D eigenvalue weighted by Crippen LogP contribution is 2.36. The maximum absolute atomic E-state index is 12.4. The SMILES string of the molecule is COC(=O)c1c(-c2ccccc2)csc1NC(=O)N1CCOCC1. The number of carbonyl (C=O) groups excluding carboxylic acids is 2. The van der Waals surface area contributed by atoms with E-state index in [0.29, 0.717) is 36.9 Å². The van der Waals surface area contributed by atoms with Crippen LogP contribution in [0.1, 0.15) is 10.4 Å². The molecule has 1 aromatic heterocycles. The molecule has 0 unspecified atom stereocenters. The van der Waals surface area contributed by atoms with Crippen molar-refractivity contribution in [3.8, 4) is 11.1 Å². The summed E-state index contributed by atoms with van der Waals surface area (Å²) in [6, 6.07) is 9.32. The Morgan fingerprint density at radius 1 is 1.21 bits per heavy atom. The minimum Gasteiger partial charge on any atom is -0.465 e. The number of benzene rings is 1. The Balaban J connectivity index is 1.89. The number of ether oxygens (including phenoxy) is 2. The first-order chi connectivity index (χ1) is 11.7. The fraction of sp³-hybridized carbons (Fsp3) is 0.294. The number of urea groups is 1. The fourth-order valence-electron chi connectivity index (χ4n) is 2.53. The van der Waals surface area contributed by atoms with Gasteiger partial charge in [0.25, 0.3) is 0 Å². The lowest BCUT2D eigenvalue weighted by Gasteiger charge is -2.26. The van der Waals surface area contributed by atoms with Gasteiger partial charge in [0, 0.05) is 24.0 Å². The van der Waals surface area contributed by atoms with Crippen LogP contribution in [0, 0.1) is 0 Å². The van der Waals surface area contributed by atoms with Crippen LogP contribution in [0.15, 0.2) is 35.7 Å². The quantitative estimate of drug-likeness (QED) is 0.868. The van der Waals surface area contributed by atoms with Gasteiger partial charge in [0.15, 0.2) is 0 Å². The van der Waals surface area contributed by atoms with E-state index >= 15 is 0 Å². The highest BCUT2D eigenvalue weighted by atomic mass is 32.1. The van der Waals surface area contributed by atoms with Crippen molar-refractivity contribution in [1.29, 1.82) is 0 Å². The van der Waals surface area contributed by atoms with E-state index in [4.69, 9.17) is 9.47 Å². The van der Waals surface area contributed by atoms with Gasteiger partial charge in [-0.2, -0.15) is 0 Å². The molecule has 0 aliphatic carbocycles. The van der Waals surface area contributed by atoms with Crippen LogP contribution in [-0.4, -0.2) is 50.3 Å². The van der Waals surface area contributed by atoms with Crippen molar-refractivity contribution in [2.45, 2.75) is 0 Å². The second-order valence-electron chi connectivity index (χ2n) is 5.24. The van der Waals surface area contributed by atoms with Gasteiger partial charge < -0.3 is 14.4 Å². The van der Waals surface area contributed by atoms with Gasteiger partial charge in [-0.25, -0.2) is 9.59 Å². The third kappa shape index (κ3) is 3.42. The smallest absolute Gasteiger partial charge is 0.341 e. The summed E-state index contributed by atoms with van der Waals surface area (Å²) in [4.78, 5) is 26.3. The molecule has 1 fully saturated rings. The molecule has 2 heterocycles. The third-order valence-corrected chi connectivity index (χ3v) is 4.68. The van der Waals surface area contributed by atoms with E-state index in [1.165, 1.54) is 18.4 Å². The number of amides is 2. The zero-order valence-corrected chi connectivity index (χ0v) is 14.1. The van der Waals surface area contributed by atoms with Crippen LogP contribution in [-0.2, 0) is 9.47 Å². The lowest BCUT2D eigenvalue weighted by Crippen LogP contribution is -2.43. The highest BCUT2D eigenvalue weighted by molar-refractivity contribution is 7.15. The molecule has 0 saturated carbocycles. The van der Waals surface area contributed by atoms with Crippen LogP contribution in [0.25, 0.3) is 11.1 Å². The Kier molecular flexibility index (Phi) is 5.12. The molecule has 2 amide bonds. The van der Waals surface area contributed by atoms with Gasteiger partial charge >= 0.3 is 12.0 Å². The highest BCUT2D eigenvalue weighted by Gasteiger charge is 2.24. The molecule has 0 atom stereocenters. The fourth-order valence-corrected chi connectivity index (χ4v) is 3.47. The Bertz CT molecular complexity index is 723. The van der Waals surface area contributed by atoms with E-state index in [1.807, 2.05) is 35.7 Å². The van der Waals surface area contributed by atoms with Crippen molar-refractivity contribution < 1.29 is 19.1 Å². The van der Waals surface area contributed by atoms with E-state index in [2.05, 4.69) is 5.32 Å². The largest absolute Gasteiger partial charge is 0.465 e. The van der Waals surface area contributed by atoms with Crippen LogP contribution in [0.4, 0.5) is 9.80 Å². The monoisotopic (exact) mass is 346 g/mol. The number of nitrogens with one attached hydrogen (secondary N) is 1. The number of thiophene rings is 1. The summed E-state index contributed by atoms with van der Waals surface area (Å²) in [7, 11) is 1.34. The predicted molar refractivity (Wildman–Crippen MR) is 92.5 cm³/mol. The Labute approximate surface area is 144 Å². The van der Waals surface area contributed by atoms with Gasteiger partial charge in [0.05, 0.1) is 20.3 Å². The zero-order chi connectivity index (χ0) is 16.9. The number of anilines is 1. The van der Waals surface area contributed by atoms with Gasteiger partial charge in [-0.1, -0.05) is 30.3 Å². The zero-order valence-electron chi connectivity index (χ0n) is 13.3. The number of carbonyl (C=O) groups is 2. The molecule has 6 nitrogen and oxygen atoms in total. The maximum Gasteiger partial charge on any atom is 0.341 e. The second-order valence-corrected chi connectivity index (χ2v) is 6.12. The van der Waals surface area contributed by atoms with E-state index in [0.717, 1.165) is 11.1 Å². The van der Waals surface area contributed by atoms with Crippen molar-refractivity contribution in [2.24, 2.45) is 0 Å². The molecule has 0 spiro atoms. The van der Waals surface area contributed by atoms with E-state index in [9.17, 15) is 9.59 Å². The van der Waals surface area contributed by atoms with Gasteiger partial charge in [0.1, 0.15) is 10.6 Å².